The van der Waals surface area contributed by atoms with Crippen LogP contribution in [0, 0.1) is 12.8 Å². The first-order valence-corrected chi connectivity index (χ1v) is 5.97. The zero-order valence-corrected chi connectivity index (χ0v) is 9.66. The number of nitrogens with one attached hydrogen (secondary N) is 1. The van der Waals surface area contributed by atoms with E-state index >= 15 is 0 Å². The van der Waals surface area contributed by atoms with Gasteiger partial charge in [-0.15, -0.1) is 0 Å². The highest BCUT2D eigenvalue weighted by Crippen LogP contribution is 2.37. The van der Waals surface area contributed by atoms with Crippen molar-refractivity contribution in [2.45, 2.75) is 39.2 Å². The molecule has 1 unspecified atom stereocenters. The number of pyridine rings is 1. The van der Waals surface area contributed by atoms with Gasteiger partial charge >= 0.3 is 0 Å². The molecule has 1 aromatic rings. The summed E-state index contributed by atoms with van der Waals surface area (Å²) in [6.07, 6.45) is 6.16. The first-order valence-electron chi connectivity index (χ1n) is 5.97. The van der Waals surface area contributed by atoms with E-state index in [2.05, 4.69) is 29.4 Å². The molecule has 0 amide bonds. The first-order chi connectivity index (χ1) is 7.31. The van der Waals surface area contributed by atoms with Crippen LogP contribution in [-0.4, -0.2) is 11.5 Å². The number of nitrogens with zero attached hydrogens (tertiary/aromatic N) is 1. The van der Waals surface area contributed by atoms with Crippen LogP contribution in [0.4, 0.5) is 0 Å². The fourth-order valence-electron chi connectivity index (χ4n) is 2.21. The van der Waals surface area contributed by atoms with E-state index in [1.807, 2.05) is 13.1 Å². The molecule has 1 fully saturated rings. The minimum absolute atomic E-state index is 0.525. The van der Waals surface area contributed by atoms with Crippen molar-refractivity contribution in [3.8, 4) is 0 Å². The average Bonchev–Trinajstić information content (AvgIpc) is 2.16. The maximum absolute atomic E-state index is 4.38. The highest BCUT2D eigenvalue weighted by molar-refractivity contribution is 5.18. The molecule has 2 nitrogen and oxygen atoms in total. The lowest BCUT2D eigenvalue weighted by molar-refractivity contribution is 0.233. The third kappa shape index (κ3) is 2.37. The molecule has 0 aromatic carbocycles. The van der Waals surface area contributed by atoms with Gasteiger partial charge in [0, 0.05) is 17.9 Å². The van der Waals surface area contributed by atoms with Gasteiger partial charge in [-0.2, -0.15) is 0 Å². The lowest BCUT2D eigenvalue weighted by atomic mass is 9.77. The van der Waals surface area contributed by atoms with Crippen molar-refractivity contribution in [3.63, 3.8) is 0 Å². The standard InChI is InChI=1S/C13H20N2/c1-3-14-13(11-5-4-6-11)12-8-7-10(2)15-9-12/h7-9,11,13-14H,3-6H2,1-2H3. The largest absolute Gasteiger partial charge is 0.310 e. The summed E-state index contributed by atoms with van der Waals surface area (Å²) in [6.45, 7) is 5.25. The molecule has 1 aromatic heterocycles. The van der Waals surface area contributed by atoms with Gasteiger partial charge in [0.05, 0.1) is 0 Å². The quantitative estimate of drug-likeness (QED) is 0.815. The summed E-state index contributed by atoms with van der Waals surface area (Å²) in [5.74, 6) is 0.828. The zero-order valence-electron chi connectivity index (χ0n) is 9.66. The van der Waals surface area contributed by atoms with Crippen LogP contribution in [0.15, 0.2) is 18.3 Å². The summed E-state index contributed by atoms with van der Waals surface area (Å²) in [6, 6.07) is 4.85. The van der Waals surface area contributed by atoms with Gasteiger partial charge in [0.25, 0.3) is 0 Å². The van der Waals surface area contributed by atoms with Crippen molar-refractivity contribution >= 4 is 0 Å². The molecular formula is C13H20N2. The van der Waals surface area contributed by atoms with Gasteiger partial charge in [-0.3, -0.25) is 4.98 Å². The summed E-state index contributed by atoms with van der Waals surface area (Å²) >= 11 is 0. The van der Waals surface area contributed by atoms with E-state index in [1.54, 1.807) is 0 Å². The van der Waals surface area contributed by atoms with E-state index in [0.717, 1.165) is 18.2 Å². The Kier molecular flexibility index (Phi) is 3.37. The van der Waals surface area contributed by atoms with Crippen molar-refractivity contribution < 1.29 is 0 Å². The topological polar surface area (TPSA) is 24.9 Å². The van der Waals surface area contributed by atoms with E-state index in [0.29, 0.717) is 6.04 Å². The number of rotatable bonds is 4. The van der Waals surface area contributed by atoms with E-state index in [1.165, 1.54) is 24.8 Å². The Bertz CT molecular complexity index is 301. The third-order valence-electron chi connectivity index (χ3n) is 3.34. The van der Waals surface area contributed by atoms with Gasteiger partial charge in [0.1, 0.15) is 0 Å². The lowest BCUT2D eigenvalue weighted by Crippen LogP contribution is -2.32. The maximum atomic E-state index is 4.38. The Morgan fingerprint density at radius 3 is 2.73 bits per heavy atom. The molecule has 1 atom stereocenters. The van der Waals surface area contributed by atoms with E-state index < -0.39 is 0 Å². The lowest BCUT2D eigenvalue weighted by Gasteiger charge is -2.34. The number of hydrogen-bond acceptors (Lipinski definition) is 2. The van der Waals surface area contributed by atoms with Crippen LogP contribution in [0.5, 0.6) is 0 Å². The second-order valence-corrected chi connectivity index (χ2v) is 4.46. The van der Waals surface area contributed by atoms with Gasteiger partial charge in [0.15, 0.2) is 0 Å². The van der Waals surface area contributed by atoms with Crippen molar-refractivity contribution in [1.82, 2.24) is 10.3 Å². The molecule has 0 bridgehead atoms. The Labute approximate surface area is 92.1 Å². The van der Waals surface area contributed by atoms with Crippen LogP contribution in [0.1, 0.15) is 43.5 Å². The fourth-order valence-corrected chi connectivity index (χ4v) is 2.21. The summed E-state index contributed by atoms with van der Waals surface area (Å²) in [5.41, 5.74) is 2.45. The smallest absolute Gasteiger partial charge is 0.0372 e. The van der Waals surface area contributed by atoms with Crippen LogP contribution in [0.3, 0.4) is 0 Å². The number of aryl methyl sites for hydroxylation is 1. The van der Waals surface area contributed by atoms with Crippen molar-refractivity contribution in [3.05, 3.63) is 29.6 Å². The zero-order chi connectivity index (χ0) is 10.7. The highest BCUT2D eigenvalue weighted by Gasteiger charge is 2.27. The molecular weight excluding hydrogens is 184 g/mol. The van der Waals surface area contributed by atoms with Crippen LogP contribution in [0.25, 0.3) is 0 Å². The Hall–Kier alpha value is -0.890. The molecule has 1 aliphatic carbocycles. The predicted molar refractivity (Wildman–Crippen MR) is 62.7 cm³/mol. The number of aromatic nitrogens is 1. The number of hydrogen-bond donors (Lipinski definition) is 1. The van der Waals surface area contributed by atoms with Crippen molar-refractivity contribution in [2.75, 3.05) is 6.54 Å². The predicted octanol–water partition coefficient (Wildman–Crippen LogP) is 2.84. The molecule has 2 rings (SSSR count). The van der Waals surface area contributed by atoms with Gasteiger partial charge in [-0.05, 0) is 43.9 Å². The second-order valence-electron chi connectivity index (χ2n) is 4.46. The molecule has 1 heterocycles. The van der Waals surface area contributed by atoms with E-state index in [4.69, 9.17) is 0 Å². The Morgan fingerprint density at radius 2 is 2.27 bits per heavy atom. The van der Waals surface area contributed by atoms with E-state index in [9.17, 15) is 0 Å². The molecule has 2 heteroatoms. The Morgan fingerprint density at radius 1 is 1.47 bits per heavy atom. The Balaban J connectivity index is 2.12. The average molecular weight is 204 g/mol. The maximum Gasteiger partial charge on any atom is 0.0372 e. The SMILES string of the molecule is CCNC(c1ccc(C)nc1)C1CCC1. The van der Waals surface area contributed by atoms with Crippen LogP contribution < -0.4 is 5.32 Å². The molecule has 1 aliphatic rings. The second kappa shape index (κ2) is 4.75. The summed E-state index contributed by atoms with van der Waals surface area (Å²) < 4.78 is 0. The minimum atomic E-state index is 0.525. The van der Waals surface area contributed by atoms with Gasteiger partial charge in [-0.1, -0.05) is 19.4 Å². The molecule has 0 saturated heterocycles. The van der Waals surface area contributed by atoms with Crippen molar-refractivity contribution in [2.24, 2.45) is 5.92 Å². The molecule has 1 N–H and O–H groups in total. The summed E-state index contributed by atoms with van der Waals surface area (Å²) in [7, 11) is 0. The molecule has 15 heavy (non-hydrogen) atoms. The van der Waals surface area contributed by atoms with Crippen LogP contribution >= 0.6 is 0 Å². The monoisotopic (exact) mass is 204 g/mol. The highest BCUT2D eigenvalue weighted by atomic mass is 14.9. The minimum Gasteiger partial charge on any atom is -0.310 e. The van der Waals surface area contributed by atoms with Crippen LogP contribution in [-0.2, 0) is 0 Å². The summed E-state index contributed by atoms with van der Waals surface area (Å²) in [5, 5.41) is 3.58. The van der Waals surface area contributed by atoms with E-state index in [-0.39, 0.29) is 0 Å². The molecule has 82 valence electrons. The molecule has 0 radical (unpaired) electrons. The molecule has 1 saturated carbocycles. The van der Waals surface area contributed by atoms with Gasteiger partial charge in [-0.25, -0.2) is 0 Å². The fraction of sp³-hybridized carbons (Fsp3) is 0.615. The van der Waals surface area contributed by atoms with Gasteiger partial charge in [0.2, 0.25) is 0 Å². The summed E-state index contributed by atoms with van der Waals surface area (Å²) in [4.78, 5) is 4.38. The third-order valence-corrected chi connectivity index (χ3v) is 3.34. The van der Waals surface area contributed by atoms with Crippen molar-refractivity contribution in [1.29, 1.82) is 0 Å². The van der Waals surface area contributed by atoms with Crippen LogP contribution in [0.2, 0.25) is 0 Å². The normalized spacial score (nSPS) is 18.5. The molecule has 0 aliphatic heterocycles. The molecule has 0 spiro atoms. The first kappa shape index (κ1) is 10.6. The van der Waals surface area contributed by atoms with Gasteiger partial charge < -0.3 is 5.32 Å².